The Labute approximate surface area is 145 Å². The summed E-state index contributed by atoms with van der Waals surface area (Å²) in [5, 5.41) is 8.22. The van der Waals surface area contributed by atoms with Crippen molar-refractivity contribution >= 4 is 22.5 Å². The van der Waals surface area contributed by atoms with E-state index in [2.05, 4.69) is 34.5 Å². The number of methoxy groups -OCH3 is 1. The number of para-hydroxylation sites is 1. The summed E-state index contributed by atoms with van der Waals surface area (Å²) in [7, 11) is 1.67. The highest BCUT2D eigenvalue weighted by atomic mass is 16.5. The van der Waals surface area contributed by atoms with E-state index in [1.165, 1.54) is 5.56 Å². The number of amides is 1. The summed E-state index contributed by atoms with van der Waals surface area (Å²) in [6.45, 7) is 1.14. The standard InChI is InChI=1S/C20H19N3O2/c1-25-9-8-23-18-5-3-2-4-15(18)20(19(23)24)11-16(20)13-6-7-14-12-21-22-17(14)10-13/h2-7,10,12,16H,8-9,11H2,1H3,(H,21,22)/t16-,20-/m0/s1. The summed E-state index contributed by atoms with van der Waals surface area (Å²) < 4.78 is 5.20. The minimum atomic E-state index is -0.405. The van der Waals surface area contributed by atoms with E-state index in [0.29, 0.717) is 13.2 Å². The summed E-state index contributed by atoms with van der Waals surface area (Å²) >= 11 is 0. The Balaban J connectivity index is 1.56. The number of nitrogens with zero attached hydrogens (tertiary/aromatic N) is 2. The lowest BCUT2D eigenvalue weighted by molar-refractivity contribution is -0.120. The van der Waals surface area contributed by atoms with E-state index < -0.39 is 5.41 Å². The van der Waals surface area contributed by atoms with Gasteiger partial charge in [-0.15, -0.1) is 0 Å². The quantitative estimate of drug-likeness (QED) is 0.798. The normalized spacial score (nSPS) is 24.3. The molecule has 1 fully saturated rings. The molecule has 5 heteroatoms. The van der Waals surface area contributed by atoms with Gasteiger partial charge in [0.25, 0.3) is 0 Å². The third-order valence-corrected chi connectivity index (χ3v) is 5.65. The average Bonchev–Trinajstić information content (AvgIpc) is 3.14. The number of carbonyl (C=O) groups is 1. The van der Waals surface area contributed by atoms with Crippen LogP contribution in [0, 0.1) is 0 Å². The van der Waals surface area contributed by atoms with Crippen LogP contribution in [0.3, 0.4) is 0 Å². The van der Waals surface area contributed by atoms with Crippen molar-refractivity contribution in [3.05, 3.63) is 59.8 Å². The topological polar surface area (TPSA) is 58.2 Å². The van der Waals surface area contributed by atoms with E-state index in [4.69, 9.17) is 4.74 Å². The van der Waals surface area contributed by atoms with Crippen molar-refractivity contribution in [2.45, 2.75) is 17.8 Å². The van der Waals surface area contributed by atoms with Gasteiger partial charge in [-0.1, -0.05) is 30.3 Å². The Bertz CT molecular complexity index is 980. The molecular formula is C20H19N3O2. The van der Waals surface area contributed by atoms with E-state index in [9.17, 15) is 4.79 Å². The monoisotopic (exact) mass is 333 g/mol. The maximum atomic E-state index is 13.3. The largest absolute Gasteiger partial charge is 0.383 e. The van der Waals surface area contributed by atoms with Crippen LogP contribution < -0.4 is 4.90 Å². The van der Waals surface area contributed by atoms with Gasteiger partial charge >= 0.3 is 0 Å². The van der Waals surface area contributed by atoms with E-state index in [1.54, 1.807) is 7.11 Å². The van der Waals surface area contributed by atoms with Gasteiger partial charge in [0.05, 0.1) is 23.7 Å². The van der Waals surface area contributed by atoms with Gasteiger partial charge in [-0.3, -0.25) is 9.89 Å². The highest BCUT2D eigenvalue weighted by Crippen LogP contribution is 2.66. The molecule has 1 aliphatic carbocycles. The highest BCUT2D eigenvalue weighted by molar-refractivity contribution is 6.11. The molecule has 1 spiro atoms. The summed E-state index contributed by atoms with van der Waals surface area (Å²) in [5.41, 5.74) is 4.02. The van der Waals surface area contributed by atoms with Crippen molar-refractivity contribution in [1.29, 1.82) is 0 Å². The number of carbonyl (C=O) groups excluding carboxylic acids is 1. The van der Waals surface area contributed by atoms with Gasteiger partial charge in [-0.25, -0.2) is 0 Å². The molecule has 2 aliphatic rings. The molecule has 25 heavy (non-hydrogen) atoms. The molecule has 5 rings (SSSR count). The molecule has 5 nitrogen and oxygen atoms in total. The van der Waals surface area contributed by atoms with Gasteiger partial charge < -0.3 is 9.64 Å². The number of hydrogen-bond acceptors (Lipinski definition) is 3. The Morgan fingerprint density at radius 1 is 1.32 bits per heavy atom. The smallest absolute Gasteiger partial charge is 0.238 e. The molecule has 0 bridgehead atoms. The summed E-state index contributed by atoms with van der Waals surface area (Å²) in [6.07, 6.45) is 2.69. The van der Waals surface area contributed by atoms with E-state index >= 15 is 0 Å². The Kier molecular flexibility index (Phi) is 3.03. The highest BCUT2D eigenvalue weighted by Gasteiger charge is 2.66. The first-order valence-corrected chi connectivity index (χ1v) is 8.59. The minimum absolute atomic E-state index is 0.209. The van der Waals surface area contributed by atoms with E-state index in [1.807, 2.05) is 29.3 Å². The molecule has 1 N–H and O–H groups in total. The third-order valence-electron chi connectivity index (χ3n) is 5.65. The molecule has 2 heterocycles. The second-order valence-electron chi connectivity index (χ2n) is 6.91. The molecule has 1 aromatic heterocycles. The van der Waals surface area contributed by atoms with Crippen molar-refractivity contribution in [1.82, 2.24) is 10.2 Å². The SMILES string of the molecule is COCCN1C(=O)[C@@]2(C[C@H]2c2ccc3cn[nH]c3c2)c2ccccc21. The van der Waals surface area contributed by atoms with Crippen LogP contribution in [-0.4, -0.2) is 36.4 Å². The van der Waals surface area contributed by atoms with E-state index in [0.717, 1.165) is 28.6 Å². The third kappa shape index (κ3) is 1.93. The summed E-state index contributed by atoms with van der Waals surface area (Å²) in [6, 6.07) is 14.5. The molecule has 2 aromatic carbocycles. The molecule has 0 saturated heterocycles. The number of H-pyrrole nitrogens is 1. The maximum absolute atomic E-state index is 13.3. The number of benzene rings is 2. The molecule has 0 radical (unpaired) electrons. The summed E-state index contributed by atoms with van der Waals surface area (Å²) in [5.74, 6) is 0.432. The number of hydrogen-bond donors (Lipinski definition) is 1. The fourth-order valence-electron chi connectivity index (χ4n) is 4.33. The lowest BCUT2D eigenvalue weighted by Gasteiger charge is -2.17. The Morgan fingerprint density at radius 2 is 2.20 bits per heavy atom. The zero-order valence-electron chi connectivity index (χ0n) is 14.0. The van der Waals surface area contributed by atoms with Crippen LogP contribution in [0.15, 0.2) is 48.7 Å². The number of aromatic nitrogens is 2. The fourth-order valence-corrected chi connectivity index (χ4v) is 4.33. The number of nitrogens with one attached hydrogen (secondary N) is 1. The number of aromatic amines is 1. The van der Waals surface area contributed by atoms with Crippen LogP contribution in [0.25, 0.3) is 10.9 Å². The Morgan fingerprint density at radius 3 is 3.08 bits per heavy atom. The average molecular weight is 333 g/mol. The molecule has 1 aliphatic heterocycles. The van der Waals surface area contributed by atoms with Crippen molar-refractivity contribution in [2.75, 3.05) is 25.2 Å². The van der Waals surface area contributed by atoms with Gasteiger partial charge in [0.2, 0.25) is 5.91 Å². The predicted octanol–water partition coefficient (Wildman–Crippen LogP) is 2.98. The van der Waals surface area contributed by atoms with Crippen molar-refractivity contribution < 1.29 is 9.53 Å². The second kappa shape index (κ2) is 5.17. The minimum Gasteiger partial charge on any atom is -0.383 e. The van der Waals surface area contributed by atoms with Crippen LogP contribution in [0.1, 0.15) is 23.5 Å². The number of fused-ring (bicyclic) bond motifs is 3. The van der Waals surface area contributed by atoms with Crippen molar-refractivity contribution in [2.24, 2.45) is 0 Å². The lowest BCUT2D eigenvalue weighted by Crippen LogP contribution is -2.35. The van der Waals surface area contributed by atoms with E-state index in [-0.39, 0.29) is 11.8 Å². The van der Waals surface area contributed by atoms with Crippen LogP contribution in [0.5, 0.6) is 0 Å². The molecule has 1 amide bonds. The summed E-state index contributed by atoms with van der Waals surface area (Å²) in [4.78, 5) is 15.2. The van der Waals surface area contributed by atoms with Crippen LogP contribution in [0.2, 0.25) is 0 Å². The fraction of sp³-hybridized carbons (Fsp3) is 0.300. The van der Waals surface area contributed by atoms with Crippen molar-refractivity contribution in [3.8, 4) is 0 Å². The first-order chi connectivity index (χ1) is 12.3. The first kappa shape index (κ1) is 14.7. The number of anilines is 1. The molecular weight excluding hydrogens is 314 g/mol. The number of ether oxygens (including phenoxy) is 1. The molecule has 1 saturated carbocycles. The van der Waals surface area contributed by atoms with Gasteiger partial charge in [-0.05, 0) is 29.7 Å². The predicted molar refractivity (Wildman–Crippen MR) is 95.8 cm³/mol. The van der Waals surface area contributed by atoms with Crippen molar-refractivity contribution in [3.63, 3.8) is 0 Å². The second-order valence-corrected chi connectivity index (χ2v) is 6.91. The molecule has 3 aromatic rings. The van der Waals surface area contributed by atoms with Gasteiger partial charge in [0.15, 0.2) is 0 Å². The molecule has 126 valence electrons. The molecule has 2 atom stereocenters. The zero-order chi connectivity index (χ0) is 17.0. The lowest BCUT2D eigenvalue weighted by atomic mass is 9.92. The zero-order valence-corrected chi connectivity index (χ0v) is 14.0. The maximum Gasteiger partial charge on any atom is 0.238 e. The van der Waals surface area contributed by atoms with Crippen LogP contribution in [0.4, 0.5) is 5.69 Å². The van der Waals surface area contributed by atoms with Crippen LogP contribution >= 0.6 is 0 Å². The number of rotatable bonds is 4. The van der Waals surface area contributed by atoms with Gasteiger partial charge in [0, 0.05) is 30.6 Å². The first-order valence-electron chi connectivity index (χ1n) is 8.59. The van der Waals surface area contributed by atoms with Gasteiger partial charge in [-0.2, -0.15) is 5.10 Å². The van der Waals surface area contributed by atoms with Crippen LogP contribution in [-0.2, 0) is 14.9 Å². The van der Waals surface area contributed by atoms with Gasteiger partial charge in [0.1, 0.15) is 0 Å². The molecule has 0 unspecified atom stereocenters. The Hall–Kier alpha value is -2.66.